The molecule has 0 radical (unpaired) electrons. The fourth-order valence-corrected chi connectivity index (χ4v) is 3.26. The Balaban J connectivity index is 2.08. The molecule has 2 nitrogen and oxygen atoms in total. The standard InChI is InChI=1S/C18H27NO/c1-4-14(3)17(15-8-6-5-7-9-15)18(20)19-16-11-10-13(2)12-16/h5-9,13-14,16-17H,4,10-12H2,1-3H3,(H,19,20). The molecule has 110 valence electrons. The number of carbonyl (C=O) groups excluding carboxylic acids is 1. The molecule has 0 heterocycles. The normalized spacial score (nSPS) is 25.1. The van der Waals surface area contributed by atoms with Gasteiger partial charge < -0.3 is 5.32 Å². The van der Waals surface area contributed by atoms with Crippen molar-refractivity contribution < 1.29 is 4.79 Å². The summed E-state index contributed by atoms with van der Waals surface area (Å²) in [5, 5.41) is 3.28. The van der Waals surface area contributed by atoms with Crippen molar-refractivity contribution in [2.75, 3.05) is 0 Å². The molecule has 0 bridgehead atoms. The molecule has 1 fully saturated rings. The largest absolute Gasteiger partial charge is 0.353 e. The van der Waals surface area contributed by atoms with Crippen molar-refractivity contribution in [3.8, 4) is 0 Å². The van der Waals surface area contributed by atoms with Gasteiger partial charge >= 0.3 is 0 Å². The van der Waals surface area contributed by atoms with Crippen LogP contribution in [0.25, 0.3) is 0 Å². The number of hydrogen-bond donors (Lipinski definition) is 1. The lowest BCUT2D eigenvalue weighted by atomic mass is 9.84. The average Bonchev–Trinajstić information content (AvgIpc) is 2.85. The van der Waals surface area contributed by atoms with Crippen molar-refractivity contribution in [2.45, 2.75) is 58.4 Å². The average molecular weight is 273 g/mol. The van der Waals surface area contributed by atoms with E-state index in [4.69, 9.17) is 0 Å². The number of benzene rings is 1. The minimum absolute atomic E-state index is 0.0166. The Morgan fingerprint density at radius 1 is 1.30 bits per heavy atom. The molecule has 20 heavy (non-hydrogen) atoms. The lowest BCUT2D eigenvalue weighted by Crippen LogP contribution is -2.38. The zero-order valence-electron chi connectivity index (χ0n) is 12.9. The Morgan fingerprint density at radius 3 is 2.55 bits per heavy atom. The molecule has 1 aliphatic rings. The zero-order chi connectivity index (χ0) is 14.5. The van der Waals surface area contributed by atoms with Gasteiger partial charge in [0.25, 0.3) is 0 Å². The molecular weight excluding hydrogens is 246 g/mol. The summed E-state index contributed by atoms with van der Waals surface area (Å²) < 4.78 is 0. The van der Waals surface area contributed by atoms with E-state index >= 15 is 0 Å². The maximum atomic E-state index is 12.7. The predicted octanol–water partition coefficient (Wildman–Crippen LogP) is 4.12. The smallest absolute Gasteiger partial charge is 0.228 e. The van der Waals surface area contributed by atoms with Crippen LogP contribution in [0.2, 0.25) is 0 Å². The van der Waals surface area contributed by atoms with E-state index in [0.29, 0.717) is 12.0 Å². The number of hydrogen-bond acceptors (Lipinski definition) is 1. The van der Waals surface area contributed by atoms with Crippen molar-refractivity contribution in [3.05, 3.63) is 35.9 Å². The van der Waals surface area contributed by atoms with Crippen LogP contribution in [-0.2, 0) is 4.79 Å². The third kappa shape index (κ3) is 3.62. The minimum atomic E-state index is -0.0166. The third-order valence-corrected chi connectivity index (χ3v) is 4.70. The van der Waals surface area contributed by atoms with E-state index in [9.17, 15) is 4.79 Å². The highest BCUT2D eigenvalue weighted by Crippen LogP contribution is 2.29. The molecule has 0 aromatic heterocycles. The molecule has 2 heteroatoms. The first-order valence-corrected chi connectivity index (χ1v) is 7.97. The molecular formula is C18H27NO. The number of amides is 1. The van der Waals surface area contributed by atoms with Crippen LogP contribution >= 0.6 is 0 Å². The quantitative estimate of drug-likeness (QED) is 0.859. The predicted molar refractivity (Wildman–Crippen MR) is 83.6 cm³/mol. The summed E-state index contributed by atoms with van der Waals surface area (Å²) in [6.45, 7) is 6.61. The van der Waals surface area contributed by atoms with Gasteiger partial charge in [0.2, 0.25) is 5.91 Å². The van der Waals surface area contributed by atoms with Crippen molar-refractivity contribution in [3.63, 3.8) is 0 Å². The van der Waals surface area contributed by atoms with E-state index in [2.05, 4.69) is 38.2 Å². The Bertz CT molecular complexity index is 428. The Labute approximate surface area is 123 Å². The molecule has 4 atom stereocenters. The highest BCUT2D eigenvalue weighted by Gasteiger charge is 2.29. The van der Waals surface area contributed by atoms with E-state index in [1.807, 2.05) is 18.2 Å². The fraction of sp³-hybridized carbons (Fsp3) is 0.611. The van der Waals surface area contributed by atoms with Crippen LogP contribution in [0.15, 0.2) is 30.3 Å². The lowest BCUT2D eigenvalue weighted by molar-refractivity contribution is -0.124. The van der Waals surface area contributed by atoms with Crippen LogP contribution in [0.1, 0.15) is 57.9 Å². The van der Waals surface area contributed by atoms with Crippen molar-refractivity contribution in [2.24, 2.45) is 11.8 Å². The van der Waals surface area contributed by atoms with E-state index in [1.165, 1.54) is 6.42 Å². The maximum absolute atomic E-state index is 12.7. The molecule has 1 aliphatic carbocycles. The molecule has 1 aromatic rings. The molecule has 0 saturated heterocycles. The topological polar surface area (TPSA) is 29.1 Å². The molecule has 1 saturated carbocycles. The highest BCUT2D eigenvalue weighted by atomic mass is 16.2. The molecule has 4 unspecified atom stereocenters. The van der Waals surface area contributed by atoms with Gasteiger partial charge in [0.05, 0.1) is 5.92 Å². The van der Waals surface area contributed by atoms with E-state index in [-0.39, 0.29) is 11.8 Å². The first-order chi connectivity index (χ1) is 9.61. The van der Waals surface area contributed by atoms with Gasteiger partial charge in [0.15, 0.2) is 0 Å². The molecule has 0 spiro atoms. The van der Waals surface area contributed by atoms with Gasteiger partial charge in [-0.1, -0.05) is 57.5 Å². The summed E-state index contributed by atoms with van der Waals surface area (Å²) in [5.41, 5.74) is 1.14. The second kappa shape index (κ2) is 6.92. The summed E-state index contributed by atoms with van der Waals surface area (Å²) >= 11 is 0. The Kier molecular flexibility index (Phi) is 5.22. The summed E-state index contributed by atoms with van der Waals surface area (Å²) in [6, 6.07) is 10.6. The number of nitrogens with one attached hydrogen (secondary N) is 1. The highest BCUT2D eigenvalue weighted by molar-refractivity contribution is 5.84. The van der Waals surface area contributed by atoms with Gasteiger partial charge in [-0.05, 0) is 36.7 Å². The first kappa shape index (κ1) is 15.1. The van der Waals surface area contributed by atoms with Gasteiger partial charge in [0.1, 0.15) is 0 Å². The molecule has 0 aliphatic heterocycles. The van der Waals surface area contributed by atoms with Crippen LogP contribution in [0.3, 0.4) is 0 Å². The molecule has 1 amide bonds. The number of carbonyl (C=O) groups is 1. The Morgan fingerprint density at radius 2 is 2.00 bits per heavy atom. The van der Waals surface area contributed by atoms with Crippen LogP contribution in [0.5, 0.6) is 0 Å². The maximum Gasteiger partial charge on any atom is 0.228 e. The SMILES string of the molecule is CCC(C)C(C(=O)NC1CCC(C)C1)c1ccccc1. The summed E-state index contributed by atoms with van der Waals surface area (Å²) in [5.74, 6) is 1.32. The monoisotopic (exact) mass is 273 g/mol. The minimum Gasteiger partial charge on any atom is -0.353 e. The van der Waals surface area contributed by atoms with Gasteiger partial charge in [-0.15, -0.1) is 0 Å². The van der Waals surface area contributed by atoms with Gasteiger partial charge in [-0.2, -0.15) is 0 Å². The summed E-state index contributed by atoms with van der Waals surface area (Å²) in [7, 11) is 0. The fourth-order valence-electron chi connectivity index (χ4n) is 3.26. The van der Waals surface area contributed by atoms with Crippen LogP contribution in [-0.4, -0.2) is 11.9 Å². The van der Waals surface area contributed by atoms with Crippen LogP contribution < -0.4 is 5.32 Å². The van der Waals surface area contributed by atoms with Crippen LogP contribution in [0.4, 0.5) is 0 Å². The summed E-state index contributed by atoms with van der Waals surface area (Å²) in [4.78, 5) is 12.7. The second-order valence-corrected chi connectivity index (χ2v) is 6.40. The van der Waals surface area contributed by atoms with Crippen molar-refractivity contribution in [1.82, 2.24) is 5.32 Å². The van der Waals surface area contributed by atoms with Crippen molar-refractivity contribution >= 4 is 5.91 Å². The molecule has 2 rings (SSSR count). The van der Waals surface area contributed by atoms with E-state index < -0.39 is 0 Å². The van der Waals surface area contributed by atoms with Crippen LogP contribution in [0, 0.1) is 11.8 Å². The zero-order valence-corrected chi connectivity index (χ0v) is 12.9. The van der Waals surface area contributed by atoms with Crippen molar-refractivity contribution in [1.29, 1.82) is 0 Å². The number of rotatable bonds is 5. The lowest BCUT2D eigenvalue weighted by Gasteiger charge is -2.25. The second-order valence-electron chi connectivity index (χ2n) is 6.40. The molecule has 1 aromatic carbocycles. The third-order valence-electron chi connectivity index (χ3n) is 4.70. The molecule has 1 N–H and O–H groups in total. The first-order valence-electron chi connectivity index (χ1n) is 7.97. The van der Waals surface area contributed by atoms with E-state index in [0.717, 1.165) is 30.7 Å². The Hall–Kier alpha value is -1.31. The van der Waals surface area contributed by atoms with Gasteiger partial charge in [0, 0.05) is 6.04 Å². The van der Waals surface area contributed by atoms with Gasteiger partial charge in [-0.3, -0.25) is 4.79 Å². The van der Waals surface area contributed by atoms with E-state index in [1.54, 1.807) is 0 Å². The van der Waals surface area contributed by atoms with Gasteiger partial charge in [-0.25, -0.2) is 0 Å². The summed E-state index contributed by atoms with van der Waals surface area (Å²) in [6.07, 6.45) is 4.53.